The van der Waals surface area contributed by atoms with Crippen LogP contribution in [-0.4, -0.2) is 9.78 Å². The lowest BCUT2D eigenvalue weighted by molar-refractivity contribution is 0.424. The van der Waals surface area contributed by atoms with Crippen molar-refractivity contribution in [3.8, 4) is 11.6 Å². The lowest BCUT2D eigenvalue weighted by Gasteiger charge is -2.10. The Morgan fingerprint density at radius 2 is 2.00 bits per heavy atom. The van der Waals surface area contributed by atoms with Crippen LogP contribution in [0.5, 0.6) is 11.6 Å². The normalized spacial score (nSPS) is 10.7. The maximum atomic E-state index is 5.98. The fourth-order valence-corrected chi connectivity index (χ4v) is 2.19. The Morgan fingerprint density at radius 3 is 2.67 bits per heavy atom. The molecule has 4 heteroatoms. The smallest absolute Gasteiger partial charge is 0.222 e. The van der Waals surface area contributed by atoms with Crippen molar-refractivity contribution < 1.29 is 4.74 Å². The van der Waals surface area contributed by atoms with E-state index in [1.165, 1.54) is 5.56 Å². The van der Waals surface area contributed by atoms with Crippen LogP contribution in [0.4, 0.5) is 0 Å². The Labute approximate surface area is 112 Å². The summed E-state index contributed by atoms with van der Waals surface area (Å²) in [5, 5.41) is 4.34. The van der Waals surface area contributed by atoms with Gasteiger partial charge in [-0.25, -0.2) is 4.68 Å². The van der Waals surface area contributed by atoms with Crippen LogP contribution in [0.25, 0.3) is 0 Å². The van der Waals surface area contributed by atoms with Gasteiger partial charge in [-0.05, 0) is 38.0 Å². The number of alkyl halides is 1. The van der Waals surface area contributed by atoms with E-state index in [-0.39, 0.29) is 0 Å². The van der Waals surface area contributed by atoms with Crippen LogP contribution in [0.3, 0.4) is 0 Å². The average molecular weight is 265 g/mol. The number of aromatic nitrogens is 2. The number of nitrogens with zero attached hydrogens (tertiary/aromatic N) is 2. The number of benzene rings is 1. The van der Waals surface area contributed by atoms with E-state index in [9.17, 15) is 0 Å². The van der Waals surface area contributed by atoms with Gasteiger partial charge in [-0.1, -0.05) is 12.1 Å². The van der Waals surface area contributed by atoms with Crippen molar-refractivity contribution >= 4 is 11.6 Å². The van der Waals surface area contributed by atoms with Crippen molar-refractivity contribution in [1.82, 2.24) is 9.78 Å². The van der Waals surface area contributed by atoms with Crippen molar-refractivity contribution in [3.63, 3.8) is 0 Å². The van der Waals surface area contributed by atoms with Gasteiger partial charge in [-0.2, -0.15) is 5.10 Å². The zero-order valence-corrected chi connectivity index (χ0v) is 11.9. The van der Waals surface area contributed by atoms with Crippen molar-refractivity contribution in [1.29, 1.82) is 0 Å². The molecule has 1 aromatic carbocycles. The van der Waals surface area contributed by atoms with E-state index >= 15 is 0 Å². The molecule has 1 heterocycles. The zero-order valence-electron chi connectivity index (χ0n) is 11.1. The third-order valence-electron chi connectivity index (χ3n) is 2.97. The number of hydrogen-bond donors (Lipinski definition) is 0. The van der Waals surface area contributed by atoms with Gasteiger partial charge in [0.05, 0.1) is 17.1 Å². The molecule has 0 aliphatic rings. The summed E-state index contributed by atoms with van der Waals surface area (Å²) in [6.45, 7) is 6.01. The molecule has 0 unspecified atom stereocenters. The number of aryl methyl sites for hydroxylation is 4. The quantitative estimate of drug-likeness (QED) is 0.787. The Bertz CT molecular complexity index is 575. The summed E-state index contributed by atoms with van der Waals surface area (Å²) in [4.78, 5) is 0. The summed E-state index contributed by atoms with van der Waals surface area (Å²) in [6, 6.07) is 6.14. The highest BCUT2D eigenvalue weighted by Crippen LogP contribution is 2.30. The van der Waals surface area contributed by atoms with Gasteiger partial charge in [0.15, 0.2) is 0 Å². The predicted molar refractivity (Wildman–Crippen MR) is 73.5 cm³/mol. The summed E-state index contributed by atoms with van der Waals surface area (Å²) >= 11 is 5.95. The van der Waals surface area contributed by atoms with E-state index < -0.39 is 0 Å². The van der Waals surface area contributed by atoms with E-state index in [2.05, 4.69) is 11.2 Å². The van der Waals surface area contributed by atoms with Crippen LogP contribution in [0.2, 0.25) is 0 Å². The molecule has 0 N–H and O–H groups in total. The molecule has 2 rings (SSSR count). The number of hydrogen-bond acceptors (Lipinski definition) is 2. The lowest BCUT2D eigenvalue weighted by Crippen LogP contribution is -1.98. The van der Waals surface area contributed by atoms with Gasteiger partial charge < -0.3 is 4.74 Å². The summed E-state index contributed by atoms with van der Waals surface area (Å²) in [7, 11) is 1.86. The van der Waals surface area contributed by atoms with Crippen molar-refractivity contribution in [2.75, 3.05) is 0 Å². The average Bonchev–Trinajstić information content (AvgIpc) is 2.58. The number of rotatable bonds is 3. The van der Waals surface area contributed by atoms with E-state index in [0.717, 1.165) is 28.5 Å². The first kappa shape index (κ1) is 13.0. The summed E-state index contributed by atoms with van der Waals surface area (Å²) < 4.78 is 7.71. The molecule has 18 heavy (non-hydrogen) atoms. The molecule has 0 amide bonds. The molecule has 3 nitrogen and oxygen atoms in total. The lowest BCUT2D eigenvalue weighted by atomic mass is 10.1. The monoisotopic (exact) mass is 264 g/mol. The molecule has 96 valence electrons. The van der Waals surface area contributed by atoms with Gasteiger partial charge in [0.25, 0.3) is 0 Å². The molecule has 0 bridgehead atoms. The van der Waals surface area contributed by atoms with Crippen molar-refractivity contribution in [2.45, 2.75) is 26.7 Å². The molecule has 2 aromatic rings. The van der Waals surface area contributed by atoms with Gasteiger partial charge in [0.2, 0.25) is 5.88 Å². The molecule has 0 saturated heterocycles. The van der Waals surface area contributed by atoms with E-state index in [4.69, 9.17) is 16.3 Å². The SMILES string of the molecule is Cc1ccc(C)c(Oc2c(CCl)c(C)nn2C)c1. The second-order valence-electron chi connectivity index (χ2n) is 4.50. The van der Waals surface area contributed by atoms with E-state index in [1.807, 2.05) is 40.0 Å². The molecule has 1 aromatic heterocycles. The van der Waals surface area contributed by atoms with Crippen LogP contribution in [-0.2, 0) is 12.9 Å². The molecule has 0 saturated carbocycles. The molecular weight excluding hydrogens is 248 g/mol. The number of halogens is 1. The maximum Gasteiger partial charge on any atom is 0.222 e. The minimum atomic E-state index is 0.403. The van der Waals surface area contributed by atoms with Gasteiger partial charge in [-0.15, -0.1) is 11.6 Å². The summed E-state index contributed by atoms with van der Waals surface area (Å²) in [6.07, 6.45) is 0. The highest BCUT2D eigenvalue weighted by molar-refractivity contribution is 6.17. The van der Waals surface area contributed by atoms with Crippen molar-refractivity contribution in [3.05, 3.63) is 40.6 Å². The fourth-order valence-electron chi connectivity index (χ4n) is 1.88. The second-order valence-corrected chi connectivity index (χ2v) is 4.76. The van der Waals surface area contributed by atoms with Crippen LogP contribution in [0.1, 0.15) is 22.4 Å². The minimum Gasteiger partial charge on any atom is -0.439 e. The Balaban J connectivity index is 2.42. The molecule has 0 aliphatic heterocycles. The van der Waals surface area contributed by atoms with E-state index in [0.29, 0.717) is 5.88 Å². The van der Waals surface area contributed by atoms with Crippen LogP contribution in [0, 0.1) is 20.8 Å². The first-order valence-corrected chi connectivity index (χ1v) is 6.40. The zero-order chi connectivity index (χ0) is 13.3. The molecule has 0 atom stereocenters. The van der Waals surface area contributed by atoms with E-state index in [1.54, 1.807) is 4.68 Å². The van der Waals surface area contributed by atoms with Crippen LogP contribution < -0.4 is 4.74 Å². The Kier molecular flexibility index (Phi) is 3.62. The maximum absolute atomic E-state index is 5.98. The summed E-state index contributed by atoms with van der Waals surface area (Å²) in [5.41, 5.74) is 4.12. The largest absolute Gasteiger partial charge is 0.439 e. The number of ether oxygens (including phenoxy) is 1. The van der Waals surface area contributed by atoms with Gasteiger partial charge in [-0.3, -0.25) is 0 Å². The van der Waals surface area contributed by atoms with Crippen LogP contribution >= 0.6 is 11.6 Å². The molecule has 0 spiro atoms. The highest BCUT2D eigenvalue weighted by Gasteiger charge is 2.15. The van der Waals surface area contributed by atoms with Gasteiger partial charge in [0.1, 0.15) is 5.75 Å². The molecule has 0 radical (unpaired) electrons. The van der Waals surface area contributed by atoms with Crippen molar-refractivity contribution in [2.24, 2.45) is 7.05 Å². The van der Waals surface area contributed by atoms with Gasteiger partial charge in [0, 0.05) is 7.05 Å². The third-order valence-corrected chi connectivity index (χ3v) is 3.24. The van der Waals surface area contributed by atoms with Gasteiger partial charge >= 0.3 is 0 Å². The first-order valence-electron chi connectivity index (χ1n) is 5.86. The summed E-state index contributed by atoms with van der Waals surface area (Å²) in [5.74, 6) is 1.97. The highest BCUT2D eigenvalue weighted by atomic mass is 35.5. The molecular formula is C14H17ClN2O. The molecule has 0 fully saturated rings. The first-order chi connectivity index (χ1) is 8.52. The Hall–Kier alpha value is -1.48. The fraction of sp³-hybridized carbons (Fsp3) is 0.357. The van der Waals surface area contributed by atoms with Crippen LogP contribution in [0.15, 0.2) is 18.2 Å². The predicted octanol–water partition coefficient (Wildman–Crippen LogP) is 3.88. The minimum absolute atomic E-state index is 0.403. The standard InChI is InChI=1S/C14H17ClN2O/c1-9-5-6-10(2)13(7-9)18-14-12(8-15)11(3)16-17(14)4/h5-7H,8H2,1-4H3. The third kappa shape index (κ3) is 2.36. The molecule has 0 aliphatic carbocycles. The second kappa shape index (κ2) is 5.02. The topological polar surface area (TPSA) is 27.1 Å². The Morgan fingerprint density at radius 1 is 1.28 bits per heavy atom.